The Labute approximate surface area is 137 Å². The van der Waals surface area contributed by atoms with Gasteiger partial charge in [-0.15, -0.1) is 0 Å². The summed E-state index contributed by atoms with van der Waals surface area (Å²) >= 11 is 1.57. The molecular weight excluding hydrogens is 296 g/mol. The van der Waals surface area contributed by atoms with Crippen molar-refractivity contribution < 1.29 is 9.53 Å². The van der Waals surface area contributed by atoms with Crippen LogP contribution in [0.3, 0.4) is 0 Å². The normalized spacial score (nSPS) is 18.0. The van der Waals surface area contributed by atoms with Crippen LogP contribution in [0.15, 0.2) is 24.3 Å². The largest absolute Gasteiger partial charge is 0.497 e. The number of hydrogen-bond acceptors (Lipinski definition) is 4. The van der Waals surface area contributed by atoms with E-state index in [1.165, 1.54) is 12.8 Å². The van der Waals surface area contributed by atoms with Crippen LogP contribution in [0.1, 0.15) is 31.4 Å². The Bertz CT molecular complexity index is 472. The zero-order valence-corrected chi connectivity index (χ0v) is 14.5. The van der Waals surface area contributed by atoms with Crippen LogP contribution < -0.4 is 10.1 Å². The van der Waals surface area contributed by atoms with Gasteiger partial charge in [0.15, 0.2) is 0 Å². The van der Waals surface area contributed by atoms with E-state index in [1.807, 2.05) is 37.4 Å². The van der Waals surface area contributed by atoms with Crippen molar-refractivity contribution in [1.82, 2.24) is 10.2 Å². The van der Waals surface area contributed by atoms with Crippen molar-refractivity contribution in [3.8, 4) is 5.75 Å². The first-order valence-electron chi connectivity index (χ1n) is 7.83. The molecule has 1 amide bonds. The summed E-state index contributed by atoms with van der Waals surface area (Å²) in [6, 6.07) is 8.03. The number of hydrogen-bond donors (Lipinski definition) is 1. The molecule has 0 unspecified atom stereocenters. The second-order valence-corrected chi connectivity index (χ2v) is 6.90. The first-order valence-corrected chi connectivity index (χ1v) is 9.12. The number of methoxy groups -OCH3 is 1. The lowest BCUT2D eigenvalue weighted by Gasteiger charge is -2.26. The summed E-state index contributed by atoms with van der Waals surface area (Å²) in [5.41, 5.74) is 1.13. The van der Waals surface area contributed by atoms with Crippen LogP contribution in [0.2, 0.25) is 0 Å². The van der Waals surface area contributed by atoms with Crippen molar-refractivity contribution >= 4 is 17.7 Å². The molecule has 1 N–H and O–H groups in total. The summed E-state index contributed by atoms with van der Waals surface area (Å²) in [5.74, 6) is 0.944. The lowest BCUT2D eigenvalue weighted by atomic mass is 10.1. The zero-order valence-electron chi connectivity index (χ0n) is 13.7. The van der Waals surface area contributed by atoms with E-state index >= 15 is 0 Å². The van der Waals surface area contributed by atoms with Crippen molar-refractivity contribution in [1.29, 1.82) is 0 Å². The van der Waals surface area contributed by atoms with Crippen molar-refractivity contribution in [2.45, 2.75) is 31.1 Å². The highest BCUT2D eigenvalue weighted by molar-refractivity contribution is 7.99. The first-order chi connectivity index (χ1) is 10.6. The molecule has 1 aliphatic rings. The highest BCUT2D eigenvalue weighted by Crippen LogP contribution is 2.21. The first kappa shape index (κ1) is 17.2. The molecule has 0 radical (unpaired) electrons. The smallest absolute Gasteiger partial charge is 0.233 e. The molecule has 0 bridgehead atoms. The summed E-state index contributed by atoms with van der Waals surface area (Å²) in [6.45, 7) is 5.07. The average Bonchev–Trinajstić information content (AvgIpc) is 3.06. The van der Waals surface area contributed by atoms with Gasteiger partial charge in [-0.1, -0.05) is 12.1 Å². The second kappa shape index (κ2) is 8.44. The summed E-state index contributed by atoms with van der Waals surface area (Å²) in [4.78, 5) is 14.7. The Morgan fingerprint density at radius 1 is 1.32 bits per heavy atom. The molecular formula is C17H26N2O2S. The third kappa shape index (κ3) is 4.65. The molecule has 5 heteroatoms. The Hall–Kier alpha value is -1.20. The van der Waals surface area contributed by atoms with E-state index in [4.69, 9.17) is 4.74 Å². The molecule has 4 nitrogen and oxygen atoms in total. The summed E-state index contributed by atoms with van der Waals surface area (Å²) in [7, 11) is 1.67. The number of benzene rings is 1. The maximum Gasteiger partial charge on any atom is 0.233 e. The van der Waals surface area contributed by atoms with Crippen LogP contribution in [0.5, 0.6) is 5.75 Å². The molecule has 1 aromatic carbocycles. The highest BCUT2D eigenvalue weighted by atomic mass is 32.2. The molecule has 22 heavy (non-hydrogen) atoms. The maximum absolute atomic E-state index is 12.3. The van der Waals surface area contributed by atoms with Gasteiger partial charge in [-0.3, -0.25) is 4.79 Å². The van der Waals surface area contributed by atoms with E-state index in [2.05, 4.69) is 10.2 Å². The Morgan fingerprint density at radius 3 is 2.50 bits per heavy atom. The molecule has 1 heterocycles. The third-order valence-corrected chi connectivity index (χ3v) is 5.12. The van der Waals surface area contributed by atoms with Gasteiger partial charge in [0.2, 0.25) is 5.91 Å². The van der Waals surface area contributed by atoms with Crippen LogP contribution in [0, 0.1) is 0 Å². The quantitative estimate of drug-likeness (QED) is 0.838. The Morgan fingerprint density at radius 2 is 1.95 bits per heavy atom. The van der Waals surface area contributed by atoms with E-state index in [-0.39, 0.29) is 17.2 Å². The van der Waals surface area contributed by atoms with Gasteiger partial charge in [0.05, 0.1) is 18.4 Å². The van der Waals surface area contributed by atoms with Crippen molar-refractivity contribution in [3.05, 3.63) is 29.8 Å². The molecule has 1 saturated heterocycles. The van der Waals surface area contributed by atoms with E-state index in [0.717, 1.165) is 30.9 Å². The monoisotopic (exact) mass is 322 g/mol. The highest BCUT2D eigenvalue weighted by Gasteiger charge is 2.22. The minimum absolute atomic E-state index is 0.0284. The number of ether oxygens (including phenoxy) is 1. The van der Waals surface area contributed by atoms with Gasteiger partial charge < -0.3 is 15.0 Å². The van der Waals surface area contributed by atoms with Crippen LogP contribution in [0.25, 0.3) is 0 Å². The van der Waals surface area contributed by atoms with Gasteiger partial charge in [0.1, 0.15) is 5.75 Å². The van der Waals surface area contributed by atoms with Gasteiger partial charge in [0, 0.05) is 6.54 Å². The molecule has 2 rings (SSSR count). The topological polar surface area (TPSA) is 41.6 Å². The molecule has 1 aromatic rings. The van der Waals surface area contributed by atoms with Gasteiger partial charge in [-0.25, -0.2) is 0 Å². The minimum Gasteiger partial charge on any atom is -0.497 e. The molecule has 0 aliphatic carbocycles. The lowest BCUT2D eigenvalue weighted by molar-refractivity contribution is -0.121. The minimum atomic E-state index is -0.0284. The molecule has 2 atom stereocenters. The number of thioether (sulfide) groups is 1. The van der Waals surface area contributed by atoms with E-state index < -0.39 is 0 Å². The fourth-order valence-corrected chi connectivity index (χ4v) is 2.97. The number of nitrogens with one attached hydrogen (secondary N) is 1. The predicted molar refractivity (Wildman–Crippen MR) is 92.5 cm³/mol. The number of amides is 1. The van der Waals surface area contributed by atoms with Crippen LogP contribution in [-0.4, -0.2) is 49.1 Å². The molecule has 1 fully saturated rings. The number of rotatable bonds is 7. The third-order valence-electron chi connectivity index (χ3n) is 4.20. The number of carbonyl (C=O) groups excluding carboxylic acids is 1. The van der Waals surface area contributed by atoms with Gasteiger partial charge in [0.25, 0.3) is 0 Å². The van der Waals surface area contributed by atoms with Crippen LogP contribution in [-0.2, 0) is 4.79 Å². The lowest BCUT2D eigenvalue weighted by Crippen LogP contribution is -2.40. The maximum atomic E-state index is 12.3. The summed E-state index contributed by atoms with van der Waals surface area (Å²) in [6.07, 6.45) is 4.47. The fraction of sp³-hybridized carbons (Fsp3) is 0.588. The van der Waals surface area contributed by atoms with Crippen LogP contribution in [0.4, 0.5) is 0 Å². The molecule has 122 valence electrons. The van der Waals surface area contributed by atoms with Crippen molar-refractivity contribution in [3.63, 3.8) is 0 Å². The van der Waals surface area contributed by atoms with E-state index in [1.54, 1.807) is 18.9 Å². The number of carbonyl (C=O) groups is 1. The van der Waals surface area contributed by atoms with Crippen molar-refractivity contribution in [2.24, 2.45) is 0 Å². The van der Waals surface area contributed by atoms with Gasteiger partial charge in [-0.2, -0.15) is 11.8 Å². The Kier molecular flexibility index (Phi) is 6.58. The van der Waals surface area contributed by atoms with E-state index in [9.17, 15) is 4.79 Å². The molecule has 0 aromatic heterocycles. The fourth-order valence-electron chi connectivity index (χ4n) is 2.69. The number of likely N-dealkylation sites (tertiary alicyclic amines) is 1. The van der Waals surface area contributed by atoms with Crippen molar-refractivity contribution in [2.75, 3.05) is 33.0 Å². The number of nitrogens with zero attached hydrogens (tertiary/aromatic N) is 1. The predicted octanol–water partition coefficient (Wildman–Crippen LogP) is 2.70. The standard InChI is InChI=1S/C17H26N2O2S/c1-13(22-3)17(20)18-16(12-19-10-4-5-11-19)14-6-8-15(21-2)9-7-14/h6-9,13,16H,4-5,10-12H2,1-3H3,(H,18,20)/t13-,16-/m1/s1. The van der Waals surface area contributed by atoms with E-state index in [0.29, 0.717) is 0 Å². The van der Waals surface area contributed by atoms with Gasteiger partial charge in [-0.05, 0) is 56.8 Å². The summed E-state index contributed by atoms with van der Waals surface area (Å²) < 4.78 is 5.22. The zero-order chi connectivity index (χ0) is 15.9. The Balaban J connectivity index is 2.10. The second-order valence-electron chi connectivity index (χ2n) is 5.72. The van der Waals surface area contributed by atoms with Crippen LogP contribution >= 0.6 is 11.8 Å². The SMILES string of the molecule is COc1ccc([C@@H](CN2CCCC2)NC(=O)[C@@H](C)SC)cc1. The molecule has 0 spiro atoms. The summed E-state index contributed by atoms with van der Waals surface area (Å²) in [5, 5.41) is 3.18. The molecule has 0 saturated carbocycles. The average molecular weight is 322 g/mol. The van der Waals surface area contributed by atoms with Gasteiger partial charge >= 0.3 is 0 Å². The molecule has 1 aliphatic heterocycles.